The minimum atomic E-state index is 0.570. The van der Waals surface area contributed by atoms with Crippen molar-refractivity contribution < 1.29 is 4.74 Å². The Bertz CT molecular complexity index is 570. The van der Waals surface area contributed by atoms with Gasteiger partial charge in [0.25, 0.3) is 0 Å². The van der Waals surface area contributed by atoms with Crippen LogP contribution < -0.4 is 10.1 Å². The van der Waals surface area contributed by atoms with Crippen LogP contribution in [0.1, 0.15) is 24.0 Å². The van der Waals surface area contributed by atoms with Gasteiger partial charge in [0.15, 0.2) is 0 Å². The van der Waals surface area contributed by atoms with Gasteiger partial charge in [0, 0.05) is 35.0 Å². The van der Waals surface area contributed by atoms with E-state index in [4.69, 9.17) is 4.74 Å². The lowest BCUT2D eigenvalue weighted by Gasteiger charge is -2.12. The molecule has 20 heavy (non-hydrogen) atoms. The molecule has 1 aromatic carbocycles. The van der Waals surface area contributed by atoms with Crippen LogP contribution >= 0.6 is 15.9 Å². The summed E-state index contributed by atoms with van der Waals surface area (Å²) >= 11 is 3.52. The van der Waals surface area contributed by atoms with Crippen LogP contribution in [0.15, 0.2) is 47.2 Å². The Balaban J connectivity index is 1.67. The molecular formula is C16H17BrN2O. The molecule has 1 N–H and O–H groups in total. The van der Waals surface area contributed by atoms with E-state index >= 15 is 0 Å². The van der Waals surface area contributed by atoms with E-state index < -0.39 is 0 Å². The van der Waals surface area contributed by atoms with Crippen molar-refractivity contribution >= 4 is 15.9 Å². The summed E-state index contributed by atoms with van der Waals surface area (Å²) in [5.41, 5.74) is 2.32. The largest absolute Gasteiger partial charge is 0.489 e. The molecule has 1 aliphatic rings. The van der Waals surface area contributed by atoms with Gasteiger partial charge in [-0.2, -0.15) is 0 Å². The minimum Gasteiger partial charge on any atom is -0.489 e. The zero-order valence-corrected chi connectivity index (χ0v) is 12.8. The third-order valence-corrected chi connectivity index (χ3v) is 3.82. The Morgan fingerprint density at radius 1 is 1.20 bits per heavy atom. The molecule has 0 saturated heterocycles. The molecule has 1 saturated carbocycles. The summed E-state index contributed by atoms with van der Waals surface area (Å²) < 4.78 is 7.03. The predicted octanol–water partition coefficient (Wildman–Crippen LogP) is 3.68. The van der Waals surface area contributed by atoms with Crippen LogP contribution in [0.4, 0.5) is 0 Å². The number of benzene rings is 1. The normalized spacial score (nSPS) is 14.2. The summed E-state index contributed by atoms with van der Waals surface area (Å²) in [5, 5.41) is 3.53. The average molecular weight is 333 g/mol. The quantitative estimate of drug-likeness (QED) is 0.876. The molecule has 0 bridgehead atoms. The highest BCUT2D eigenvalue weighted by Gasteiger charge is 2.20. The molecule has 2 aromatic rings. The SMILES string of the molecule is Brc1ccc(OCc2ccncc2)c(CNC2CC2)c1. The van der Waals surface area contributed by atoms with E-state index in [9.17, 15) is 0 Å². The van der Waals surface area contributed by atoms with Gasteiger partial charge in [-0.15, -0.1) is 0 Å². The van der Waals surface area contributed by atoms with Crippen molar-refractivity contribution in [3.05, 3.63) is 58.3 Å². The Kier molecular flexibility index (Phi) is 4.33. The zero-order chi connectivity index (χ0) is 13.8. The summed E-state index contributed by atoms with van der Waals surface area (Å²) in [6, 6.07) is 10.8. The van der Waals surface area contributed by atoms with E-state index in [-0.39, 0.29) is 0 Å². The number of pyridine rings is 1. The topological polar surface area (TPSA) is 34.1 Å². The van der Waals surface area contributed by atoms with Gasteiger partial charge in [-0.3, -0.25) is 4.98 Å². The fraction of sp³-hybridized carbons (Fsp3) is 0.312. The van der Waals surface area contributed by atoms with E-state index in [1.807, 2.05) is 24.3 Å². The summed E-state index contributed by atoms with van der Waals surface area (Å²) in [5.74, 6) is 0.943. The van der Waals surface area contributed by atoms with E-state index in [1.165, 1.54) is 18.4 Å². The lowest BCUT2D eigenvalue weighted by Crippen LogP contribution is -2.16. The monoisotopic (exact) mass is 332 g/mol. The molecule has 1 heterocycles. The molecule has 1 aliphatic carbocycles. The van der Waals surface area contributed by atoms with Gasteiger partial charge in [0.2, 0.25) is 0 Å². The Labute approximate surface area is 127 Å². The maximum absolute atomic E-state index is 5.94. The molecule has 0 amide bonds. The van der Waals surface area contributed by atoms with Gasteiger partial charge < -0.3 is 10.1 Å². The van der Waals surface area contributed by atoms with Crippen molar-refractivity contribution in [1.82, 2.24) is 10.3 Å². The zero-order valence-electron chi connectivity index (χ0n) is 11.2. The number of aromatic nitrogens is 1. The van der Waals surface area contributed by atoms with Crippen LogP contribution in [0, 0.1) is 0 Å². The van der Waals surface area contributed by atoms with Crippen molar-refractivity contribution in [2.75, 3.05) is 0 Å². The number of hydrogen-bond donors (Lipinski definition) is 1. The van der Waals surface area contributed by atoms with E-state index in [0.717, 1.165) is 22.3 Å². The number of rotatable bonds is 6. The van der Waals surface area contributed by atoms with Gasteiger partial charge in [-0.1, -0.05) is 15.9 Å². The molecule has 3 nitrogen and oxygen atoms in total. The second-order valence-electron chi connectivity index (χ2n) is 5.05. The smallest absolute Gasteiger partial charge is 0.124 e. The van der Waals surface area contributed by atoms with Crippen LogP contribution in [-0.4, -0.2) is 11.0 Å². The number of nitrogens with zero attached hydrogens (tertiary/aromatic N) is 1. The van der Waals surface area contributed by atoms with Crippen molar-refractivity contribution in [3.63, 3.8) is 0 Å². The van der Waals surface area contributed by atoms with E-state index in [1.54, 1.807) is 12.4 Å². The first-order valence-electron chi connectivity index (χ1n) is 6.85. The number of hydrogen-bond acceptors (Lipinski definition) is 3. The first kappa shape index (κ1) is 13.6. The summed E-state index contributed by atoms with van der Waals surface area (Å²) in [6.07, 6.45) is 6.16. The highest BCUT2D eigenvalue weighted by atomic mass is 79.9. The Morgan fingerprint density at radius 3 is 2.75 bits per heavy atom. The molecular weight excluding hydrogens is 316 g/mol. The average Bonchev–Trinajstić information content (AvgIpc) is 3.29. The maximum atomic E-state index is 5.94. The summed E-state index contributed by atoms with van der Waals surface area (Å²) in [4.78, 5) is 4.01. The second kappa shape index (κ2) is 6.37. The van der Waals surface area contributed by atoms with Gasteiger partial charge in [0.1, 0.15) is 12.4 Å². The second-order valence-corrected chi connectivity index (χ2v) is 5.97. The van der Waals surface area contributed by atoms with Crippen LogP contribution in [0.25, 0.3) is 0 Å². The molecule has 1 aromatic heterocycles. The number of nitrogens with one attached hydrogen (secondary N) is 1. The Hall–Kier alpha value is -1.39. The maximum Gasteiger partial charge on any atom is 0.124 e. The fourth-order valence-electron chi connectivity index (χ4n) is 2.01. The Morgan fingerprint density at radius 2 is 2.00 bits per heavy atom. The van der Waals surface area contributed by atoms with Crippen LogP contribution in [-0.2, 0) is 13.2 Å². The molecule has 3 rings (SSSR count). The first-order chi connectivity index (χ1) is 9.81. The molecule has 1 fully saturated rings. The van der Waals surface area contributed by atoms with Crippen molar-refractivity contribution in [1.29, 1.82) is 0 Å². The van der Waals surface area contributed by atoms with Gasteiger partial charge >= 0.3 is 0 Å². The van der Waals surface area contributed by atoms with Crippen LogP contribution in [0.3, 0.4) is 0 Å². The molecule has 4 heteroatoms. The number of halogens is 1. The van der Waals surface area contributed by atoms with Crippen molar-refractivity contribution in [2.24, 2.45) is 0 Å². The van der Waals surface area contributed by atoms with E-state index in [0.29, 0.717) is 12.6 Å². The third-order valence-electron chi connectivity index (χ3n) is 3.32. The van der Waals surface area contributed by atoms with Gasteiger partial charge in [-0.05, 0) is 48.7 Å². The first-order valence-corrected chi connectivity index (χ1v) is 7.64. The van der Waals surface area contributed by atoms with Gasteiger partial charge in [-0.25, -0.2) is 0 Å². The lowest BCUT2D eigenvalue weighted by atomic mass is 10.2. The molecule has 0 radical (unpaired) electrons. The predicted molar refractivity (Wildman–Crippen MR) is 82.6 cm³/mol. The standard InChI is InChI=1S/C16H17BrN2O/c17-14-1-4-16(13(9-14)10-19-15-2-3-15)20-11-12-5-7-18-8-6-12/h1,4-9,15,19H,2-3,10-11H2. The summed E-state index contributed by atoms with van der Waals surface area (Å²) in [6.45, 7) is 1.43. The van der Waals surface area contributed by atoms with Crippen molar-refractivity contribution in [2.45, 2.75) is 32.0 Å². The van der Waals surface area contributed by atoms with E-state index in [2.05, 4.69) is 32.3 Å². The third kappa shape index (κ3) is 3.81. The van der Waals surface area contributed by atoms with Crippen LogP contribution in [0.5, 0.6) is 5.75 Å². The summed E-state index contributed by atoms with van der Waals surface area (Å²) in [7, 11) is 0. The fourth-order valence-corrected chi connectivity index (χ4v) is 2.42. The molecule has 104 valence electrons. The highest BCUT2D eigenvalue weighted by molar-refractivity contribution is 9.10. The van der Waals surface area contributed by atoms with Crippen molar-refractivity contribution in [3.8, 4) is 5.75 Å². The van der Waals surface area contributed by atoms with Gasteiger partial charge in [0.05, 0.1) is 0 Å². The minimum absolute atomic E-state index is 0.570. The molecule has 0 unspecified atom stereocenters. The molecule has 0 spiro atoms. The lowest BCUT2D eigenvalue weighted by molar-refractivity contribution is 0.302. The number of ether oxygens (including phenoxy) is 1. The van der Waals surface area contributed by atoms with Crippen LogP contribution in [0.2, 0.25) is 0 Å². The highest BCUT2D eigenvalue weighted by Crippen LogP contribution is 2.26. The molecule has 0 atom stereocenters. The molecule has 0 aliphatic heterocycles.